The van der Waals surface area contributed by atoms with Crippen LogP contribution in [-0.2, 0) is 13.6 Å². The Balaban J connectivity index is 2.30. The van der Waals surface area contributed by atoms with Crippen molar-refractivity contribution < 1.29 is 18.8 Å². The van der Waals surface area contributed by atoms with E-state index in [4.69, 9.17) is 14.0 Å². The third-order valence-electron chi connectivity index (χ3n) is 3.48. The maximum absolute atomic E-state index is 11.6. The summed E-state index contributed by atoms with van der Waals surface area (Å²) in [5, 5.41) is 9.02. The summed E-state index contributed by atoms with van der Waals surface area (Å²) in [7, 11) is 1.35. The van der Waals surface area contributed by atoms with Crippen LogP contribution in [0.4, 0.5) is 0 Å². The predicted octanol–water partition coefficient (Wildman–Crippen LogP) is 0.582. The molecule has 0 spiro atoms. The first-order valence-corrected chi connectivity index (χ1v) is 8.56. The lowest BCUT2D eigenvalue weighted by Gasteiger charge is -2.24. The van der Waals surface area contributed by atoms with Crippen LogP contribution in [0.5, 0.6) is 0 Å². The number of rotatable bonds is 7. The summed E-state index contributed by atoms with van der Waals surface area (Å²) >= 11 is 0. The Kier molecular flexibility index (Phi) is 5.58. The van der Waals surface area contributed by atoms with Crippen LogP contribution in [0.25, 0.3) is 0 Å². The van der Waals surface area contributed by atoms with Gasteiger partial charge in [-0.1, -0.05) is 0 Å². The summed E-state index contributed by atoms with van der Waals surface area (Å²) in [6.07, 6.45) is 1.38. The highest BCUT2D eigenvalue weighted by atomic mass is 28.4. The van der Waals surface area contributed by atoms with Crippen molar-refractivity contribution in [3.05, 3.63) is 0 Å². The number of carbonyl (C=O) groups excluding carboxylic acids is 1. The van der Waals surface area contributed by atoms with Crippen LogP contribution in [0.3, 0.4) is 0 Å². The van der Waals surface area contributed by atoms with Crippen molar-refractivity contribution >= 4 is 14.5 Å². The van der Waals surface area contributed by atoms with E-state index in [0.717, 1.165) is 19.0 Å². The summed E-state index contributed by atoms with van der Waals surface area (Å²) in [5.41, 5.74) is 0. The van der Waals surface area contributed by atoms with Gasteiger partial charge in [0.05, 0.1) is 0 Å². The number of carbonyl (C=O) groups is 1. The summed E-state index contributed by atoms with van der Waals surface area (Å²) in [4.78, 5) is 13.4. The van der Waals surface area contributed by atoms with Gasteiger partial charge in [0.15, 0.2) is 0 Å². The molecule has 1 N–H and O–H groups in total. The van der Waals surface area contributed by atoms with E-state index in [1.54, 1.807) is 14.2 Å². The Morgan fingerprint density at radius 1 is 1.47 bits per heavy atom. The number of amides is 1. The second kappa shape index (κ2) is 6.49. The Morgan fingerprint density at radius 3 is 2.59 bits per heavy atom. The molecule has 1 amide bonds. The molecule has 6 heteroatoms. The highest BCUT2D eigenvalue weighted by molar-refractivity contribution is 6.65. The standard InChI is InChI=1S/C11H23NO4Si/c1-15-17(3,16-2)6-4-5-12-8-10(9-13)7-11(12)14/h10,13H,4-9H2,1-3H3. The molecule has 1 heterocycles. The summed E-state index contributed by atoms with van der Waals surface area (Å²) in [6, 6.07) is 0.883. The first kappa shape index (κ1) is 14.6. The molecule has 5 nitrogen and oxygen atoms in total. The summed E-state index contributed by atoms with van der Waals surface area (Å²) in [5.74, 6) is 0.276. The second-order valence-electron chi connectivity index (χ2n) is 4.74. The highest BCUT2D eigenvalue weighted by Crippen LogP contribution is 2.19. The van der Waals surface area contributed by atoms with Gasteiger partial charge in [0.1, 0.15) is 0 Å². The third kappa shape index (κ3) is 4.06. The summed E-state index contributed by atoms with van der Waals surface area (Å²) in [6.45, 7) is 3.55. The molecule has 1 aliphatic rings. The number of nitrogens with zero attached hydrogens (tertiary/aromatic N) is 1. The molecule has 17 heavy (non-hydrogen) atoms. The smallest absolute Gasteiger partial charge is 0.334 e. The lowest BCUT2D eigenvalue weighted by molar-refractivity contribution is -0.127. The van der Waals surface area contributed by atoms with Crippen LogP contribution in [0, 0.1) is 5.92 Å². The van der Waals surface area contributed by atoms with Gasteiger partial charge in [0.25, 0.3) is 0 Å². The van der Waals surface area contributed by atoms with Crippen LogP contribution in [0.15, 0.2) is 0 Å². The fraction of sp³-hybridized carbons (Fsp3) is 0.909. The molecule has 1 rings (SSSR count). The van der Waals surface area contributed by atoms with Crippen molar-refractivity contribution in [2.45, 2.75) is 25.4 Å². The first-order valence-electron chi connectivity index (χ1n) is 6.03. The molecule has 1 fully saturated rings. The zero-order valence-corrected chi connectivity index (χ0v) is 11.9. The van der Waals surface area contributed by atoms with E-state index in [-0.39, 0.29) is 18.4 Å². The zero-order chi connectivity index (χ0) is 12.9. The molecule has 100 valence electrons. The maximum Gasteiger partial charge on any atom is 0.334 e. The second-order valence-corrected chi connectivity index (χ2v) is 8.32. The first-order chi connectivity index (χ1) is 8.04. The summed E-state index contributed by atoms with van der Waals surface area (Å²) < 4.78 is 10.8. The molecule has 0 aromatic heterocycles. The number of aliphatic hydroxyl groups is 1. The maximum atomic E-state index is 11.6. The monoisotopic (exact) mass is 261 g/mol. The molecule has 0 radical (unpaired) electrons. The Bertz CT molecular complexity index is 258. The van der Waals surface area contributed by atoms with Gasteiger partial charge in [-0.05, 0) is 19.0 Å². The quantitative estimate of drug-likeness (QED) is 0.681. The van der Waals surface area contributed by atoms with Crippen LogP contribution in [0.1, 0.15) is 12.8 Å². The SMILES string of the molecule is CO[Si](C)(CCCN1CC(CO)CC1=O)OC. The van der Waals surface area contributed by atoms with E-state index >= 15 is 0 Å². The Labute approximate surface area is 104 Å². The average Bonchev–Trinajstić information content (AvgIpc) is 2.70. The van der Waals surface area contributed by atoms with Gasteiger partial charge in [0, 0.05) is 46.3 Å². The molecular formula is C11H23NO4Si. The van der Waals surface area contributed by atoms with Gasteiger partial charge in [-0.3, -0.25) is 4.79 Å². The van der Waals surface area contributed by atoms with Crippen molar-refractivity contribution in [2.75, 3.05) is 33.9 Å². The van der Waals surface area contributed by atoms with Crippen molar-refractivity contribution in [2.24, 2.45) is 5.92 Å². The number of hydrogen-bond acceptors (Lipinski definition) is 4. The molecule has 0 aliphatic carbocycles. The zero-order valence-electron chi connectivity index (χ0n) is 10.9. The predicted molar refractivity (Wildman–Crippen MR) is 66.8 cm³/mol. The van der Waals surface area contributed by atoms with Crippen molar-refractivity contribution in [1.82, 2.24) is 4.90 Å². The highest BCUT2D eigenvalue weighted by Gasteiger charge is 2.31. The van der Waals surface area contributed by atoms with Gasteiger partial charge >= 0.3 is 8.56 Å². The molecule has 1 atom stereocenters. The molecule has 1 unspecified atom stereocenters. The van der Waals surface area contributed by atoms with E-state index in [2.05, 4.69) is 0 Å². The lowest BCUT2D eigenvalue weighted by atomic mass is 10.1. The van der Waals surface area contributed by atoms with Crippen LogP contribution in [0.2, 0.25) is 12.6 Å². The molecule has 0 aromatic carbocycles. The van der Waals surface area contributed by atoms with Gasteiger partial charge in [-0.15, -0.1) is 0 Å². The van der Waals surface area contributed by atoms with E-state index in [1.165, 1.54) is 0 Å². The van der Waals surface area contributed by atoms with Gasteiger partial charge in [-0.25, -0.2) is 0 Å². The van der Waals surface area contributed by atoms with Gasteiger partial charge in [0.2, 0.25) is 5.91 Å². The van der Waals surface area contributed by atoms with Crippen LogP contribution in [-0.4, -0.2) is 58.4 Å². The number of aliphatic hydroxyl groups excluding tert-OH is 1. The Hall–Kier alpha value is -0.433. The molecule has 0 bridgehead atoms. The van der Waals surface area contributed by atoms with E-state index in [0.29, 0.717) is 13.0 Å². The molecule has 1 aliphatic heterocycles. The van der Waals surface area contributed by atoms with E-state index in [1.807, 2.05) is 11.4 Å². The number of hydrogen-bond donors (Lipinski definition) is 1. The topological polar surface area (TPSA) is 59.0 Å². The van der Waals surface area contributed by atoms with Crippen molar-refractivity contribution in [3.63, 3.8) is 0 Å². The minimum absolute atomic E-state index is 0.102. The van der Waals surface area contributed by atoms with Crippen molar-refractivity contribution in [3.8, 4) is 0 Å². The lowest BCUT2D eigenvalue weighted by Crippen LogP contribution is -2.37. The average molecular weight is 261 g/mol. The molecule has 0 aromatic rings. The largest absolute Gasteiger partial charge is 0.398 e. The molecular weight excluding hydrogens is 238 g/mol. The third-order valence-corrected chi connectivity index (χ3v) is 6.46. The minimum atomic E-state index is -2.00. The number of likely N-dealkylation sites (tertiary alicyclic amines) is 1. The molecule has 1 saturated heterocycles. The normalized spacial score (nSPS) is 21.3. The van der Waals surface area contributed by atoms with Gasteiger partial charge in [-0.2, -0.15) is 0 Å². The van der Waals surface area contributed by atoms with Crippen LogP contribution < -0.4 is 0 Å². The fourth-order valence-electron chi connectivity index (χ4n) is 2.07. The minimum Gasteiger partial charge on any atom is -0.398 e. The molecule has 0 saturated carbocycles. The fourth-order valence-corrected chi connectivity index (χ4v) is 3.45. The van der Waals surface area contributed by atoms with E-state index in [9.17, 15) is 4.79 Å². The van der Waals surface area contributed by atoms with Gasteiger partial charge < -0.3 is 18.9 Å². The van der Waals surface area contributed by atoms with Crippen LogP contribution >= 0.6 is 0 Å². The van der Waals surface area contributed by atoms with Crippen molar-refractivity contribution in [1.29, 1.82) is 0 Å². The Morgan fingerprint density at radius 2 is 2.12 bits per heavy atom. The van der Waals surface area contributed by atoms with E-state index < -0.39 is 8.56 Å².